The van der Waals surface area contributed by atoms with Crippen LogP contribution >= 0.6 is 29.4 Å². The van der Waals surface area contributed by atoms with Crippen LogP contribution in [0.4, 0.5) is 0 Å². The van der Waals surface area contributed by atoms with E-state index in [2.05, 4.69) is 0 Å². The lowest BCUT2D eigenvalue weighted by molar-refractivity contribution is 0.306. The van der Waals surface area contributed by atoms with Crippen LogP contribution in [0.25, 0.3) is 0 Å². The molecule has 6 N–H and O–H groups in total. The Kier molecular flexibility index (Phi) is 75.2. The van der Waals surface area contributed by atoms with Gasteiger partial charge in [0, 0.05) is 13.1 Å². The Morgan fingerprint density at radius 2 is 1.00 bits per heavy atom. The van der Waals surface area contributed by atoms with E-state index >= 15 is 0 Å². The Bertz CT molecular complexity index is 29.2. The second kappa shape index (κ2) is 33.5. The predicted molar refractivity (Wildman–Crippen MR) is 49.9 cm³/mol. The minimum atomic E-state index is 0. The molecule has 0 aromatic heterocycles. The standard InChI is InChI=1S/2C2H7NO.BrH.ClH/c2*3-1-2-4;;/h2*4H,1-3H2;2*1H. The van der Waals surface area contributed by atoms with Crippen molar-refractivity contribution in [1.29, 1.82) is 0 Å². The van der Waals surface area contributed by atoms with Crippen molar-refractivity contribution in [2.75, 3.05) is 26.3 Å². The first-order valence-electron chi connectivity index (χ1n) is 2.45. The molecule has 0 saturated carbocycles. The molecule has 10 heavy (non-hydrogen) atoms. The number of hydrogen-bond donors (Lipinski definition) is 4. The number of rotatable bonds is 2. The molecule has 6 heteroatoms. The summed E-state index contributed by atoms with van der Waals surface area (Å²) >= 11 is 0. The van der Waals surface area contributed by atoms with Gasteiger partial charge >= 0.3 is 0 Å². The van der Waals surface area contributed by atoms with Gasteiger partial charge in [-0.25, -0.2) is 0 Å². The summed E-state index contributed by atoms with van der Waals surface area (Å²) in [6.07, 6.45) is 0. The second-order valence-electron chi connectivity index (χ2n) is 1.02. The van der Waals surface area contributed by atoms with Crippen LogP contribution in [0.1, 0.15) is 0 Å². The predicted octanol–water partition coefficient (Wildman–Crippen LogP) is -1.13. The summed E-state index contributed by atoms with van der Waals surface area (Å²) in [4.78, 5) is 0. The fraction of sp³-hybridized carbons (Fsp3) is 1.00. The third kappa shape index (κ3) is 73.2. The van der Waals surface area contributed by atoms with Gasteiger partial charge in [0.1, 0.15) is 0 Å². The summed E-state index contributed by atoms with van der Waals surface area (Å²) in [5, 5.41) is 15.5. The Balaban J connectivity index is -0.0000000300. The zero-order valence-corrected chi connectivity index (χ0v) is 8.22. The molecule has 0 atom stereocenters. The van der Waals surface area contributed by atoms with Gasteiger partial charge < -0.3 is 21.7 Å². The largest absolute Gasteiger partial charge is 0.395 e. The Morgan fingerprint density at radius 3 is 1.00 bits per heavy atom. The number of hydrogen-bond acceptors (Lipinski definition) is 4. The van der Waals surface area contributed by atoms with Crippen LogP contribution < -0.4 is 11.5 Å². The van der Waals surface area contributed by atoms with Gasteiger partial charge in [-0.3, -0.25) is 0 Å². The maximum absolute atomic E-state index is 7.75. The van der Waals surface area contributed by atoms with E-state index in [1.54, 1.807) is 0 Å². The van der Waals surface area contributed by atoms with Gasteiger partial charge in [-0.1, -0.05) is 0 Å². The molecule has 0 aliphatic carbocycles. The SMILES string of the molecule is Br.Cl.NCCO.NCCO. The third-order valence-electron chi connectivity index (χ3n) is 0.258. The van der Waals surface area contributed by atoms with Gasteiger partial charge in [0.2, 0.25) is 0 Å². The van der Waals surface area contributed by atoms with Crippen molar-refractivity contribution >= 4 is 29.4 Å². The van der Waals surface area contributed by atoms with Crippen molar-refractivity contribution < 1.29 is 10.2 Å². The molecular formula is C4H16BrClN2O2. The molecule has 0 aromatic rings. The molecule has 0 rings (SSSR count). The monoisotopic (exact) mass is 238 g/mol. The molecule has 0 heterocycles. The quantitative estimate of drug-likeness (QED) is 0.491. The van der Waals surface area contributed by atoms with E-state index in [1.165, 1.54) is 0 Å². The molecule has 0 saturated heterocycles. The smallest absolute Gasteiger partial charge is 0.0553 e. The lowest BCUT2D eigenvalue weighted by Crippen LogP contribution is -2.02. The average molecular weight is 240 g/mol. The van der Waals surface area contributed by atoms with Crippen LogP contribution in [0.2, 0.25) is 0 Å². The fourth-order valence-electron chi connectivity index (χ4n) is 0. The van der Waals surface area contributed by atoms with Crippen LogP contribution in [0.3, 0.4) is 0 Å². The Morgan fingerprint density at radius 1 is 0.900 bits per heavy atom. The first kappa shape index (κ1) is 22.4. The van der Waals surface area contributed by atoms with Gasteiger partial charge in [-0.2, -0.15) is 0 Å². The maximum Gasteiger partial charge on any atom is 0.0553 e. The van der Waals surface area contributed by atoms with Crippen LogP contribution in [-0.2, 0) is 0 Å². The van der Waals surface area contributed by atoms with Crippen molar-refractivity contribution in [3.8, 4) is 0 Å². The number of halogens is 2. The highest BCUT2D eigenvalue weighted by Crippen LogP contribution is 1.33. The van der Waals surface area contributed by atoms with E-state index in [9.17, 15) is 0 Å². The van der Waals surface area contributed by atoms with Gasteiger partial charge in [0.05, 0.1) is 13.2 Å². The summed E-state index contributed by atoms with van der Waals surface area (Å²) < 4.78 is 0. The molecule has 0 aromatic carbocycles. The number of aliphatic hydroxyl groups excluding tert-OH is 2. The van der Waals surface area contributed by atoms with Crippen molar-refractivity contribution in [3.05, 3.63) is 0 Å². The second-order valence-corrected chi connectivity index (χ2v) is 1.02. The lowest BCUT2D eigenvalue weighted by Gasteiger charge is -1.71. The minimum Gasteiger partial charge on any atom is -0.395 e. The van der Waals surface area contributed by atoms with Crippen LogP contribution in [0.5, 0.6) is 0 Å². The topological polar surface area (TPSA) is 92.5 Å². The molecule has 0 bridgehead atoms. The zero-order chi connectivity index (χ0) is 6.83. The summed E-state index contributed by atoms with van der Waals surface area (Å²) in [6.45, 7) is 0.944. The summed E-state index contributed by atoms with van der Waals surface area (Å²) in [5.41, 5.74) is 9.56. The van der Waals surface area contributed by atoms with Gasteiger partial charge in [0.15, 0.2) is 0 Å². The van der Waals surface area contributed by atoms with E-state index < -0.39 is 0 Å². The average Bonchev–Trinajstić information content (AvgIpc) is 1.88. The first-order chi connectivity index (χ1) is 3.83. The van der Waals surface area contributed by atoms with Crippen LogP contribution in [0.15, 0.2) is 0 Å². The summed E-state index contributed by atoms with van der Waals surface area (Å²) in [6, 6.07) is 0. The van der Waals surface area contributed by atoms with Gasteiger partial charge in [0.25, 0.3) is 0 Å². The first-order valence-corrected chi connectivity index (χ1v) is 2.45. The minimum absolute atomic E-state index is 0. The van der Waals surface area contributed by atoms with Crippen LogP contribution in [-0.4, -0.2) is 36.5 Å². The number of aliphatic hydroxyl groups is 2. The van der Waals surface area contributed by atoms with Crippen molar-refractivity contribution in [3.63, 3.8) is 0 Å². The number of nitrogens with two attached hydrogens (primary N) is 2. The maximum atomic E-state index is 7.75. The van der Waals surface area contributed by atoms with Gasteiger partial charge in [-0.05, 0) is 0 Å². The summed E-state index contributed by atoms with van der Waals surface area (Å²) in [5.74, 6) is 0. The molecule has 0 aliphatic heterocycles. The zero-order valence-electron chi connectivity index (χ0n) is 5.69. The fourth-order valence-corrected chi connectivity index (χ4v) is 0. The molecule has 0 amide bonds. The van der Waals surface area contributed by atoms with E-state index in [4.69, 9.17) is 21.7 Å². The molecule has 0 spiro atoms. The van der Waals surface area contributed by atoms with E-state index in [0.717, 1.165) is 0 Å². The molecular weight excluding hydrogens is 223 g/mol. The Labute approximate surface area is 77.8 Å². The van der Waals surface area contributed by atoms with Gasteiger partial charge in [-0.15, -0.1) is 29.4 Å². The van der Waals surface area contributed by atoms with Crippen molar-refractivity contribution in [2.45, 2.75) is 0 Å². The molecule has 0 fully saturated rings. The molecule has 68 valence electrons. The van der Waals surface area contributed by atoms with E-state index in [-0.39, 0.29) is 42.6 Å². The molecule has 0 unspecified atom stereocenters. The third-order valence-corrected chi connectivity index (χ3v) is 0.258. The highest BCUT2D eigenvalue weighted by Gasteiger charge is 1.56. The lowest BCUT2D eigenvalue weighted by atomic mass is 10.8. The Hall–Kier alpha value is 0.610. The van der Waals surface area contributed by atoms with E-state index in [1.807, 2.05) is 0 Å². The normalized spacial score (nSPS) is 6.00. The molecule has 0 aliphatic rings. The van der Waals surface area contributed by atoms with E-state index in [0.29, 0.717) is 13.1 Å². The van der Waals surface area contributed by atoms with Crippen LogP contribution in [0, 0.1) is 0 Å². The van der Waals surface area contributed by atoms with Crippen molar-refractivity contribution in [2.24, 2.45) is 11.5 Å². The summed E-state index contributed by atoms with van der Waals surface area (Å²) in [7, 11) is 0. The molecule has 4 nitrogen and oxygen atoms in total. The van der Waals surface area contributed by atoms with Crippen molar-refractivity contribution in [1.82, 2.24) is 0 Å². The molecule has 0 radical (unpaired) electrons. The highest BCUT2D eigenvalue weighted by molar-refractivity contribution is 8.93. The highest BCUT2D eigenvalue weighted by atomic mass is 79.9.